The lowest BCUT2D eigenvalue weighted by atomic mass is 9.98. The van der Waals surface area contributed by atoms with Crippen molar-refractivity contribution in [2.24, 2.45) is 0 Å². The number of rotatable bonds is 5. The van der Waals surface area contributed by atoms with E-state index in [0.717, 1.165) is 5.92 Å². The van der Waals surface area contributed by atoms with Crippen LogP contribution >= 0.6 is 0 Å². The quantitative estimate of drug-likeness (QED) is 0.608. The number of hydrogen-bond acceptors (Lipinski definition) is 2. The predicted molar refractivity (Wildman–Crippen MR) is 44.1 cm³/mol. The Hall–Kier alpha value is -0.660. The molecule has 0 aliphatic heterocycles. The van der Waals surface area contributed by atoms with Crippen molar-refractivity contribution in [1.82, 2.24) is 0 Å². The first kappa shape index (κ1) is 10.3. The summed E-state index contributed by atoms with van der Waals surface area (Å²) < 4.78 is 0. The van der Waals surface area contributed by atoms with Crippen molar-refractivity contribution in [1.29, 1.82) is 0 Å². The van der Waals surface area contributed by atoms with Gasteiger partial charge in [0.25, 0.3) is 0 Å². The first-order chi connectivity index (χ1) is 5.07. The van der Waals surface area contributed by atoms with Gasteiger partial charge in [0, 0.05) is 18.8 Å². The Morgan fingerprint density at radius 2 is 1.64 bits per heavy atom. The van der Waals surface area contributed by atoms with Crippen molar-refractivity contribution < 1.29 is 9.59 Å². The summed E-state index contributed by atoms with van der Waals surface area (Å²) in [7, 11) is 0. The van der Waals surface area contributed by atoms with Crippen LogP contribution in [0.25, 0.3) is 0 Å². The van der Waals surface area contributed by atoms with Gasteiger partial charge in [0.2, 0.25) is 0 Å². The molecule has 0 aromatic heterocycles. The molecular formula is C9H15O2. The maximum Gasteiger partial charge on any atom is 0.139 e. The summed E-state index contributed by atoms with van der Waals surface area (Å²) in [5.74, 6) is 1.14. The second kappa shape index (κ2) is 5.05. The van der Waals surface area contributed by atoms with Gasteiger partial charge in [0.05, 0.1) is 0 Å². The number of carbonyl (C=O) groups excluding carboxylic acids is 2. The lowest BCUT2D eigenvalue weighted by Crippen LogP contribution is -2.08. The van der Waals surface area contributed by atoms with Gasteiger partial charge in [0.1, 0.15) is 11.6 Å². The first-order valence-electron chi connectivity index (χ1n) is 3.93. The van der Waals surface area contributed by atoms with Crippen LogP contribution in [0.1, 0.15) is 40.0 Å². The van der Waals surface area contributed by atoms with E-state index in [1.807, 2.05) is 6.92 Å². The summed E-state index contributed by atoms with van der Waals surface area (Å²) in [5, 5.41) is 0. The van der Waals surface area contributed by atoms with E-state index >= 15 is 0 Å². The van der Waals surface area contributed by atoms with Gasteiger partial charge in [-0.05, 0) is 13.3 Å². The fourth-order valence-corrected chi connectivity index (χ4v) is 0.805. The molecular weight excluding hydrogens is 140 g/mol. The molecule has 11 heavy (non-hydrogen) atoms. The molecule has 0 heterocycles. The molecule has 0 rings (SSSR count). The molecule has 2 nitrogen and oxygen atoms in total. The van der Waals surface area contributed by atoms with Crippen molar-refractivity contribution in [2.75, 3.05) is 0 Å². The van der Waals surface area contributed by atoms with Crippen molar-refractivity contribution in [3.8, 4) is 0 Å². The largest absolute Gasteiger partial charge is 0.300 e. The van der Waals surface area contributed by atoms with E-state index in [-0.39, 0.29) is 11.6 Å². The molecule has 0 aliphatic carbocycles. The number of ketones is 2. The normalized spacial score (nSPS) is 10.2. The van der Waals surface area contributed by atoms with Crippen LogP contribution in [0.5, 0.6) is 0 Å². The zero-order chi connectivity index (χ0) is 8.85. The predicted octanol–water partition coefficient (Wildman–Crippen LogP) is 1.93. The molecule has 1 radical (unpaired) electrons. The Morgan fingerprint density at radius 1 is 1.09 bits per heavy atom. The summed E-state index contributed by atoms with van der Waals surface area (Å²) in [4.78, 5) is 21.5. The molecule has 0 aliphatic rings. The molecule has 0 saturated carbocycles. The molecule has 0 bridgehead atoms. The Labute approximate surface area is 68.0 Å². The third-order valence-electron chi connectivity index (χ3n) is 1.65. The molecule has 0 unspecified atom stereocenters. The van der Waals surface area contributed by atoms with Gasteiger partial charge in [-0.1, -0.05) is 13.8 Å². The summed E-state index contributed by atoms with van der Waals surface area (Å²) in [6, 6.07) is 0. The van der Waals surface area contributed by atoms with Crippen LogP contribution in [0.15, 0.2) is 0 Å². The van der Waals surface area contributed by atoms with Gasteiger partial charge in [-0.25, -0.2) is 0 Å². The van der Waals surface area contributed by atoms with Gasteiger partial charge in [-0.2, -0.15) is 0 Å². The molecule has 0 amide bonds. The van der Waals surface area contributed by atoms with Gasteiger partial charge in [-0.3, -0.25) is 4.79 Å². The lowest BCUT2D eigenvalue weighted by Gasteiger charge is -2.05. The summed E-state index contributed by atoms with van der Waals surface area (Å²) in [5.41, 5.74) is 0. The van der Waals surface area contributed by atoms with Crippen LogP contribution in [0, 0.1) is 5.92 Å². The lowest BCUT2D eigenvalue weighted by molar-refractivity contribution is -0.118. The monoisotopic (exact) mass is 155 g/mol. The average molecular weight is 155 g/mol. The van der Waals surface area contributed by atoms with E-state index in [2.05, 4.69) is 0 Å². The zero-order valence-electron chi connectivity index (χ0n) is 7.44. The molecule has 0 aromatic rings. The minimum atomic E-state index is 0.147. The zero-order valence-corrected chi connectivity index (χ0v) is 7.44. The molecule has 63 valence electrons. The molecule has 2 heteroatoms. The molecule has 0 spiro atoms. The Kier molecular flexibility index (Phi) is 4.75. The van der Waals surface area contributed by atoms with Crippen molar-refractivity contribution in [3.05, 3.63) is 5.92 Å². The van der Waals surface area contributed by atoms with E-state index in [4.69, 9.17) is 0 Å². The second-order valence-electron chi connectivity index (χ2n) is 2.76. The fraction of sp³-hybridized carbons (Fsp3) is 0.667. The standard InChI is InChI=1S/C9H15O2/c1-4-9(11)7(2)5-6-8(3)10/h4-6H2,1-3H3. The van der Waals surface area contributed by atoms with E-state index < -0.39 is 0 Å². The van der Waals surface area contributed by atoms with E-state index in [1.54, 1.807) is 13.8 Å². The minimum Gasteiger partial charge on any atom is -0.300 e. The molecule has 0 saturated heterocycles. The van der Waals surface area contributed by atoms with E-state index in [9.17, 15) is 9.59 Å². The van der Waals surface area contributed by atoms with Crippen LogP contribution in [-0.2, 0) is 9.59 Å². The van der Waals surface area contributed by atoms with Crippen LogP contribution < -0.4 is 0 Å². The van der Waals surface area contributed by atoms with Gasteiger partial charge < -0.3 is 4.79 Å². The van der Waals surface area contributed by atoms with Crippen LogP contribution in [0.3, 0.4) is 0 Å². The maximum atomic E-state index is 11.0. The van der Waals surface area contributed by atoms with Crippen molar-refractivity contribution in [2.45, 2.75) is 40.0 Å². The van der Waals surface area contributed by atoms with Crippen LogP contribution in [0.2, 0.25) is 0 Å². The minimum absolute atomic E-state index is 0.147. The SMILES string of the molecule is CCC(=O)[C](C)CCC(C)=O. The molecule has 0 atom stereocenters. The Bertz CT molecular complexity index is 150. The van der Waals surface area contributed by atoms with Crippen molar-refractivity contribution >= 4 is 11.6 Å². The summed E-state index contributed by atoms with van der Waals surface area (Å²) in [6.45, 7) is 5.18. The molecule has 0 N–H and O–H groups in total. The number of Topliss-reactive ketones (excluding diaryl/α,β-unsaturated/α-hetero) is 2. The highest BCUT2D eigenvalue weighted by Crippen LogP contribution is 2.11. The van der Waals surface area contributed by atoms with Crippen LogP contribution in [0.4, 0.5) is 0 Å². The second-order valence-corrected chi connectivity index (χ2v) is 2.76. The summed E-state index contributed by atoms with van der Waals surface area (Å²) in [6.07, 6.45) is 1.67. The maximum absolute atomic E-state index is 11.0. The summed E-state index contributed by atoms with van der Waals surface area (Å²) >= 11 is 0. The smallest absolute Gasteiger partial charge is 0.139 e. The van der Waals surface area contributed by atoms with Crippen molar-refractivity contribution in [3.63, 3.8) is 0 Å². The highest BCUT2D eigenvalue weighted by Gasteiger charge is 2.11. The van der Waals surface area contributed by atoms with E-state index in [1.165, 1.54) is 0 Å². The van der Waals surface area contributed by atoms with Gasteiger partial charge >= 0.3 is 0 Å². The molecule has 0 fully saturated rings. The average Bonchev–Trinajstić information content (AvgIpc) is 1.98. The number of hydrogen-bond donors (Lipinski definition) is 0. The topological polar surface area (TPSA) is 34.1 Å². The van der Waals surface area contributed by atoms with Crippen LogP contribution in [-0.4, -0.2) is 11.6 Å². The number of carbonyl (C=O) groups is 2. The Morgan fingerprint density at radius 3 is 2.00 bits per heavy atom. The van der Waals surface area contributed by atoms with Gasteiger partial charge in [0.15, 0.2) is 0 Å². The highest BCUT2D eigenvalue weighted by atomic mass is 16.1. The highest BCUT2D eigenvalue weighted by molar-refractivity contribution is 5.91. The van der Waals surface area contributed by atoms with E-state index in [0.29, 0.717) is 19.3 Å². The third-order valence-corrected chi connectivity index (χ3v) is 1.65. The fourth-order valence-electron chi connectivity index (χ4n) is 0.805. The third kappa shape index (κ3) is 4.71. The molecule has 0 aromatic carbocycles. The van der Waals surface area contributed by atoms with Gasteiger partial charge in [-0.15, -0.1) is 0 Å². The Balaban J connectivity index is 3.60. The first-order valence-corrected chi connectivity index (χ1v) is 3.93.